The van der Waals surface area contributed by atoms with Gasteiger partial charge in [0.25, 0.3) is 23.5 Å². The van der Waals surface area contributed by atoms with Crippen LogP contribution in [0.25, 0.3) is 0 Å². The molecule has 1 N–H and O–H groups in total. The zero-order valence-corrected chi connectivity index (χ0v) is 20.4. The van der Waals surface area contributed by atoms with E-state index in [-0.39, 0.29) is 35.0 Å². The van der Waals surface area contributed by atoms with Crippen LogP contribution in [0.15, 0.2) is 35.4 Å². The van der Waals surface area contributed by atoms with Gasteiger partial charge in [-0.3, -0.25) is 4.79 Å². The SMILES string of the molecule is COc1nc(C2(F)CC2)cnc1Oc1nnc(C(F)(F)F)c(C)c1C(=O)Nc1cccc(S(C)(=O)=O)c1. The zero-order valence-electron chi connectivity index (χ0n) is 19.6. The zero-order chi connectivity index (χ0) is 27.2. The number of nitrogens with zero attached hydrogens (tertiary/aromatic N) is 4. The maximum atomic E-state index is 14.4. The van der Waals surface area contributed by atoms with Crippen LogP contribution in [0.3, 0.4) is 0 Å². The standard InChI is InChI=1S/C22H19F4N5O5S/c1-11-15(17(32)28-12-5-4-6-13(9-12)37(3,33)34)18(31-30-16(11)22(24,25)26)36-19-20(35-2)29-14(10-27-19)21(23)7-8-21/h4-6,9-10H,7-8H2,1-3H3,(H,28,32). The van der Waals surface area contributed by atoms with E-state index in [1.54, 1.807) is 0 Å². The quantitative estimate of drug-likeness (QED) is 0.441. The van der Waals surface area contributed by atoms with E-state index in [0.717, 1.165) is 25.4 Å². The Morgan fingerprint density at radius 2 is 1.84 bits per heavy atom. The molecular weight excluding hydrogens is 522 g/mol. The van der Waals surface area contributed by atoms with Crippen LogP contribution in [0.2, 0.25) is 0 Å². The lowest BCUT2D eigenvalue weighted by Gasteiger charge is -2.16. The summed E-state index contributed by atoms with van der Waals surface area (Å²) in [6, 6.07) is 5.12. The first-order valence-electron chi connectivity index (χ1n) is 10.6. The predicted molar refractivity (Wildman–Crippen MR) is 120 cm³/mol. The molecule has 1 fully saturated rings. The molecule has 0 spiro atoms. The molecule has 10 nitrogen and oxygen atoms in total. The Bertz CT molecular complexity index is 1490. The van der Waals surface area contributed by atoms with Crippen molar-refractivity contribution in [2.45, 2.75) is 36.5 Å². The van der Waals surface area contributed by atoms with Crippen LogP contribution in [0.1, 0.15) is 40.2 Å². The normalized spacial score (nSPS) is 14.7. The summed E-state index contributed by atoms with van der Waals surface area (Å²) in [6.07, 6.45) is -2.40. The number of hydrogen-bond donors (Lipinski definition) is 1. The maximum absolute atomic E-state index is 14.4. The number of amides is 1. The van der Waals surface area contributed by atoms with E-state index in [9.17, 15) is 30.8 Å². The molecule has 1 aliphatic rings. The largest absolute Gasteiger partial charge is 0.477 e. The lowest BCUT2D eigenvalue weighted by atomic mass is 10.1. The van der Waals surface area contributed by atoms with Crippen LogP contribution in [0.4, 0.5) is 23.2 Å². The van der Waals surface area contributed by atoms with Crippen molar-refractivity contribution in [1.82, 2.24) is 20.2 Å². The molecule has 0 aliphatic heterocycles. The van der Waals surface area contributed by atoms with Crippen LogP contribution in [-0.2, 0) is 21.7 Å². The summed E-state index contributed by atoms with van der Waals surface area (Å²) in [6.45, 7) is 0.998. The Morgan fingerprint density at radius 1 is 1.14 bits per heavy atom. The van der Waals surface area contributed by atoms with Gasteiger partial charge in [-0.15, -0.1) is 10.2 Å². The molecule has 0 unspecified atom stereocenters. The average Bonchev–Trinajstić information content (AvgIpc) is 3.56. The Balaban J connectivity index is 1.75. The minimum absolute atomic E-state index is 0.00453. The summed E-state index contributed by atoms with van der Waals surface area (Å²) >= 11 is 0. The Labute approximate surface area is 208 Å². The van der Waals surface area contributed by atoms with Crippen LogP contribution in [0.5, 0.6) is 17.6 Å². The van der Waals surface area contributed by atoms with Crippen molar-refractivity contribution in [2.75, 3.05) is 18.7 Å². The van der Waals surface area contributed by atoms with Crippen LogP contribution in [-0.4, -0.2) is 47.9 Å². The molecule has 2 heterocycles. The van der Waals surface area contributed by atoms with Crippen molar-refractivity contribution in [2.24, 2.45) is 0 Å². The minimum Gasteiger partial charge on any atom is -0.477 e. The maximum Gasteiger partial charge on any atom is 0.435 e. The Morgan fingerprint density at radius 3 is 2.43 bits per heavy atom. The highest BCUT2D eigenvalue weighted by Gasteiger charge is 2.47. The molecule has 1 saturated carbocycles. The molecule has 37 heavy (non-hydrogen) atoms. The molecule has 15 heteroatoms. The van der Waals surface area contributed by atoms with Gasteiger partial charge in [-0.25, -0.2) is 22.8 Å². The summed E-state index contributed by atoms with van der Waals surface area (Å²) < 4.78 is 89.2. The van der Waals surface area contributed by atoms with Crippen LogP contribution in [0, 0.1) is 6.92 Å². The van der Waals surface area contributed by atoms with E-state index in [1.807, 2.05) is 0 Å². The molecule has 0 radical (unpaired) electrons. The third-order valence-corrected chi connectivity index (χ3v) is 6.55. The smallest absolute Gasteiger partial charge is 0.435 e. The number of methoxy groups -OCH3 is 1. The Kier molecular flexibility index (Phi) is 6.52. The lowest BCUT2D eigenvalue weighted by molar-refractivity contribution is -0.142. The van der Waals surface area contributed by atoms with Gasteiger partial charge in [0.05, 0.1) is 18.2 Å². The summed E-state index contributed by atoms with van der Waals surface area (Å²) in [5.41, 5.74) is -4.35. The van der Waals surface area contributed by atoms with Gasteiger partial charge in [0.1, 0.15) is 11.3 Å². The van der Waals surface area contributed by atoms with Gasteiger partial charge in [0.2, 0.25) is 0 Å². The number of hydrogen-bond acceptors (Lipinski definition) is 9. The first-order valence-corrected chi connectivity index (χ1v) is 12.5. The number of nitrogens with one attached hydrogen (secondary N) is 1. The number of alkyl halides is 4. The van der Waals surface area contributed by atoms with Crippen LogP contribution >= 0.6 is 0 Å². The monoisotopic (exact) mass is 541 g/mol. The fourth-order valence-corrected chi connectivity index (χ4v) is 4.01. The minimum atomic E-state index is -4.94. The molecule has 196 valence electrons. The van der Waals surface area contributed by atoms with Crippen molar-refractivity contribution < 1.29 is 40.2 Å². The fraction of sp³-hybridized carbons (Fsp3) is 0.318. The van der Waals surface area contributed by atoms with Gasteiger partial charge in [-0.05, 0) is 43.5 Å². The number of carbonyl (C=O) groups excluding carboxylic acids is 1. The molecule has 0 bridgehead atoms. The van der Waals surface area contributed by atoms with Crippen molar-refractivity contribution in [1.29, 1.82) is 0 Å². The first-order chi connectivity index (χ1) is 17.2. The van der Waals surface area contributed by atoms with E-state index >= 15 is 0 Å². The Hall–Kier alpha value is -3.88. The lowest BCUT2D eigenvalue weighted by Crippen LogP contribution is -2.21. The molecule has 0 saturated heterocycles. The highest BCUT2D eigenvalue weighted by Crippen LogP contribution is 2.49. The fourth-order valence-electron chi connectivity index (χ4n) is 3.34. The average molecular weight is 541 g/mol. The molecule has 4 rings (SSSR count). The van der Waals surface area contributed by atoms with Gasteiger partial charge in [0, 0.05) is 11.9 Å². The van der Waals surface area contributed by atoms with Gasteiger partial charge in [-0.1, -0.05) is 6.07 Å². The van der Waals surface area contributed by atoms with E-state index in [4.69, 9.17) is 9.47 Å². The number of halogens is 4. The number of benzene rings is 1. The van der Waals surface area contributed by atoms with E-state index in [2.05, 4.69) is 25.5 Å². The van der Waals surface area contributed by atoms with Crippen molar-refractivity contribution >= 4 is 21.4 Å². The number of rotatable bonds is 7. The first kappa shape index (κ1) is 26.2. The molecular formula is C22H19F4N5O5S. The predicted octanol–water partition coefficient (Wildman–Crippen LogP) is 4.01. The second-order valence-electron chi connectivity index (χ2n) is 8.24. The molecule has 1 aliphatic carbocycles. The van der Waals surface area contributed by atoms with Gasteiger partial charge < -0.3 is 14.8 Å². The van der Waals surface area contributed by atoms with Crippen molar-refractivity contribution in [3.05, 3.63) is 53.0 Å². The van der Waals surface area contributed by atoms with Crippen LogP contribution < -0.4 is 14.8 Å². The second-order valence-corrected chi connectivity index (χ2v) is 10.3. The van der Waals surface area contributed by atoms with E-state index in [0.29, 0.717) is 0 Å². The highest BCUT2D eigenvalue weighted by molar-refractivity contribution is 7.90. The second kappa shape index (κ2) is 9.21. The number of carbonyl (C=O) groups is 1. The number of ether oxygens (including phenoxy) is 2. The number of anilines is 1. The van der Waals surface area contributed by atoms with Gasteiger partial charge >= 0.3 is 6.18 Å². The number of sulfone groups is 1. The number of aromatic nitrogens is 4. The van der Waals surface area contributed by atoms with E-state index in [1.165, 1.54) is 25.3 Å². The van der Waals surface area contributed by atoms with Gasteiger partial charge in [-0.2, -0.15) is 13.2 Å². The van der Waals surface area contributed by atoms with Crippen molar-refractivity contribution in [3.8, 4) is 17.6 Å². The van der Waals surface area contributed by atoms with Crippen molar-refractivity contribution in [3.63, 3.8) is 0 Å². The summed E-state index contributed by atoms with van der Waals surface area (Å²) in [5.74, 6) is -2.43. The highest BCUT2D eigenvalue weighted by atomic mass is 32.2. The summed E-state index contributed by atoms with van der Waals surface area (Å²) in [4.78, 5) is 21.0. The third kappa shape index (κ3) is 5.45. The molecule has 3 aromatic rings. The summed E-state index contributed by atoms with van der Waals surface area (Å²) in [5, 5.41) is 8.94. The summed E-state index contributed by atoms with van der Waals surface area (Å²) in [7, 11) is -2.43. The topological polar surface area (TPSA) is 133 Å². The van der Waals surface area contributed by atoms with E-state index < -0.39 is 56.2 Å². The van der Waals surface area contributed by atoms with Gasteiger partial charge in [0.15, 0.2) is 21.2 Å². The molecule has 0 atom stereocenters. The molecule has 1 aromatic carbocycles. The third-order valence-electron chi connectivity index (χ3n) is 5.44. The molecule has 2 aromatic heterocycles. The molecule has 1 amide bonds.